The molecular formula is C23H22F2N2O4S. The van der Waals surface area contributed by atoms with E-state index in [9.17, 15) is 18.7 Å². The van der Waals surface area contributed by atoms with Gasteiger partial charge in [-0.15, -0.1) is 20.1 Å². The summed E-state index contributed by atoms with van der Waals surface area (Å²) in [4.78, 5) is 16.7. The molecule has 2 aromatic heterocycles. The van der Waals surface area contributed by atoms with E-state index in [2.05, 4.69) is 19.8 Å². The van der Waals surface area contributed by atoms with Crippen molar-refractivity contribution in [3.8, 4) is 22.1 Å². The van der Waals surface area contributed by atoms with Crippen molar-refractivity contribution in [2.45, 2.75) is 38.9 Å². The number of carboxylic acid groups (broad SMARTS) is 1. The molecular weight excluding hydrogens is 438 g/mol. The molecule has 2 N–H and O–H groups in total. The van der Waals surface area contributed by atoms with Crippen molar-refractivity contribution in [3.63, 3.8) is 0 Å². The standard InChI is InChI=1S/C23H22F2N2O4S/c1-4-22(3,15-6-7-16-17(10-15)31-23(24,25)30-16)12-26-19-8-5-13(2)20(27-19)18-9-14(11-32-18)21(28)29/h5-11H,4,12H2,1-3H3,(H,26,27)(H,28,29). The molecule has 9 heteroatoms. The summed E-state index contributed by atoms with van der Waals surface area (Å²) in [5.74, 6) is -0.288. The molecule has 0 radical (unpaired) electrons. The molecule has 3 aromatic rings. The number of hydrogen-bond acceptors (Lipinski definition) is 6. The highest BCUT2D eigenvalue weighted by Gasteiger charge is 2.44. The number of fused-ring (bicyclic) bond motifs is 1. The van der Waals surface area contributed by atoms with Crippen LogP contribution in [0.15, 0.2) is 41.8 Å². The number of aryl methyl sites for hydroxylation is 1. The SMILES string of the molecule is CCC(C)(CNc1ccc(C)c(-c2cc(C(=O)O)cs2)n1)c1ccc2c(c1)OC(F)(F)O2. The van der Waals surface area contributed by atoms with Crippen molar-refractivity contribution in [1.82, 2.24) is 4.98 Å². The molecule has 1 aromatic carbocycles. The van der Waals surface area contributed by atoms with E-state index >= 15 is 0 Å². The maximum atomic E-state index is 13.4. The van der Waals surface area contributed by atoms with E-state index in [0.29, 0.717) is 12.4 Å². The first kappa shape index (κ1) is 22.0. The maximum absolute atomic E-state index is 13.4. The van der Waals surface area contributed by atoms with Crippen molar-refractivity contribution in [2.24, 2.45) is 0 Å². The number of aromatic nitrogens is 1. The monoisotopic (exact) mass is 460 g/mol. The van der Waals surface area contributed by atoms with Crippen molar-refractivity contribution in [2.75, 3.05) is 11.9 Å². The highest BCUT2D eigenvalue weighted by Crippen LogP contribution is 2.43. The van der Waals surface area contributed by atoms with Gasteiger partial charge in [0, 0.05) is 17.3 Å². The van der Waals surface area contributed by atoms with Crippen LogP contribution in [0.5, 0.6) is 11.5 Å². The van der Waals surface area contributed by atoms with Crippen LogP contribution in [-0.4, -0.2) is 28.9 Å². The number of anilines is 1. The predicted molar refractivity (Wildman–Crippen MR) is 118 cm³/mol. The number of ether oxygens (including phenoxy) is 2. The molecule has 1 unspecified atom stereocenters. The number of aromatic carboxylic acids is 1. The summed E-state index contributed by atoms with van der Waals surface area (Å²) in [6, 6.07) is 10.3. The molecule has 168 valence electrons. The maximum Gasteiger partial charge on any atom is 0.586 e. The summed E-state index contributed by atoms with van der Waals surface area (Å²) in [6.07, 6.45) is -2.91. The molecule has 6 nitrogen and oxygen atoms in total. The lowest BCUT2D eigenvalue weighted by atomic mass is 9.80. The van der Waals surface area contributed by atoms with Crippen LogP contribution in [0.2, 0.25) is 0 Å². The molecule has 0 saturated heterocycles. The van der Waals surface area contributed by atoms with Gasteiger partial charge in [0.05, 0.1) is 16.1 Å². The molecule has 0 fully saturated rings. The molecule has 1 aliphatic heterocycles. The van der Waals surface area contributed by atoms with Crippen LogP contribution in [0.1, 0.15) is 41.8 Å². The molecule has 4 rings (SSSR count). The normalized spacial score (nSPS) is 15.9. The lowest BCUT2D eigenvalue weighted by Gasteiger charge is -2.29. The van der Waals surface area contributed by atoms with Gasteiger partial charge in [0.1, 0.15) is 5.82 Å². The lowest BCUT2D eigenvalue weighted by Crippen LogP contribution is -2.30. The number of carboxylic acids is 1. The minimum Gasteiger partial charge on any atom is -0.478 e. The number of nitrogens with one attached hydrogen (secondary N) is 1. The van der Waals surface area contributed by atoms with Gasteiger partial charge in [0.2, 0.25) is 0 Å². The minimum absolute atomic E-state index is 0.0201. The summed E-state index contributed by atoms with van der Waals surface area (Å²) >= 11 is 1.33. The Bertz CT molecular complexity index is 1180. The Balaban J connectivity index is 1.55. The Morgan fingerprint density at radius 3 is 2.66 bits per heavy atom. The van der Waals surface area contributed by atoms with Gasteiger partial charge < -0.3 is 19.9 Å². The first-order chi connectivity index (χ1) is 15.1. The number of alkyl halides is 2. The summed E-state index contributed by atoms with van der Waals surface area (Å²) in [5, 5.41) is 14.1. The zero-order valence-corrected chi connectivity index (χ0v) is 18.6. The molecule has 32 heavy (non-hydrogen) atoms. The highest BCUT2D eigenvalue weighted by molar-refractivity contribution is 7.13. The number of hydrogen-bond donors (Lipinski definition) is 2. The third-order valence-electron chi connectivity index (χ3n) is 5.71. The molecule has 0 bridgehead atoms. The topological polar surface area (TPSA) is 80.7 Å². The first-order valence-electron chi connectivity index (χ1n) is 10.0. The van der Waals surface area contributed by atoms with Gasteiger partial charge in [-0.25, -0.2) is 9.78 Å². The van der Waals surface area contributed by atoms with Gasteiger partial charge in [-0.2, -0.15) is 0 Å². The molecule has 0 saturated carbocycles. The molecule has 3 heterocycles. The van der Waals surface area contributed by atoms with Crippen LogP contribution >= 0.6 is 11.3 Å². The number of halogens is 2. The van der Waals surface area contributed by atoms with Gasteiger partial charge in [-0.3, -0.25) is 0 Å². The number of nitrogens with zero attached hydrogens (tertiary/aromatic N) is 1. The number of carbonyl (C=O) groups is 1. The van der Waals surface area contributed by atoms with Crippen LogP contribution < -0.4 is 14.8 Å². The summed E-state index contributed by atoms with van der Waals surface area (Å²) in [6.45, 7) is 6.47. The Labute approximate surface area is 187 Å². The van der Waals surface area contributed by atoms with Crippen molar-refractivity contribution in [3.05, 3.63) is 58.5 Å². The van der Waals surface area contributed by atoms with Crippen LogP contribution in [-0.2, 0) is 5.41 Å². The molecule has 0 aliphatic carbocycles. The van der Waals surface area contributed by atoms with E-state index in [-0.39, 0.29) is 22.5 Å². The van der Waals surface area contributed by atoms with Crippen molar-refractivity contribution < 1.29 is 28.2 Å². The van der Waals surface area contributed by atoms with Crippen LogP contribution in [0.25, 0.3) is 10.6 Å². The van der Waals surface area contributed by atoms with Crippen LogP contribution in [0.4, 0.5) is 14.6 Å². The number of benzene rings is 1. The molecule has 1 aliphatic rings. The lowest BCUT2D eigenvalue weighted by molar-refractivity contribution is -0.286. The fourth-order valence-corrected chi connectivity index (χ4v) is 4.43. The first-order valence-corrected chi connectivity index (χ1v) is 10.9. The van der Waals surface area contributed by atoms with Gasteiger partial charge in [0.15, 0.2) is 11.5 Å². The van der Waals surface area contributed by atoms with E-state index in [0.717, 1.165) is 28.1 Å². The Kier molecular flexibility index (Phi) is 5.54. The fraction of sp³-hybridized carbons (Fsp3) is 0.304. The molecule has 0 amide bonds. The van der Waals surface area contributed by atoms with E-state index in [1.165, 1.54) is 17.4 Å². The quantitative estimate of drug-likeness (QED) is 0.456. The Morgan fingerprint density at radius 1 is 1.22 bits per heavy atom. The zero-order chi connectivity index (χ0) is 23.1. The molecule has 0 spiro atoms. The number of thiophene rings is 1. The Hall–Kier alpha value is -3.20. The van der Waals surface area contributed by atoms with E-state index < -0.39 is 12.3 Å². The number of rotatable bonds is 7. The molecule has 1 atom stereocenters. The van der Waals surface area contributed by atoms with Crippen molar-refractivity contribution in [1.29, 1.82) is 0 Å². The zero-order valence-electron chi connectivity index (χ0n) is 17.7. The van der Waals surface area contributed by atoms with E-state index in [4.69, 9.17) is 0 Å². The second kappa shape index (κ2) is 8.05. The predicted octanol–water partition coefficient (Wildman–Crippen LogP) is 5.92. The van der Waals surface area contributed by atoms with Gasteiger partial charge in [0.25, 0.3) is 0 Å². The second-order valence-electron chi connectivity index (χ2n) is 7.96. The summed E-state index contributed by atoms with van der Waals surface area (Å²) in [7, 11) is 0. The largest absolute Gasteiger partial charge is 0.586 e. The van der Waals surface area contributed by atoms with Gasteiger partial charge in [-0.1, -0.05) is 26.0 Å². The fourth-order valence-electron chi connectivity index (χ4n) is 3.49. The summed E-state index contributed by atoms with van der Waals surface area (Å²) in [5.41, 5.74) is 2.34. The van der Waals surface area contributed by atoms with Crippen LogP contribution in [0.3, 0.4) is 0 Å². The minimum atomic E-state index is -3.65. The average molecular weight is 461 g/mol. The highest BCUT2D eigenvalue weighted by atomic mass is 32.1. The second-order valence-corrected chi connectivity index (χ2v) is 8.87. The van der Waals surface area contributed by atoms with Crippen LogP contribution in [0, 0.1) is 6.92 Å². The van der Waals surface area contributed by atoms with Gasteiger partial charge >= 0.3 is 12.3 Å². The van der Waals surface area contributed by atoms with Gasteiger partial charge in [-0.05, 0) is 48.7 Å². The third kappa shape index (κ3) is 4.25. The van der Waals surface area contributed by atoms with E-state index in [1.54, 1.807) is 23.6 Å². The average Bonchev–Trinajstić information content (AvgIpc) is 3.35. The number of pyridine rings is 1. The van der Waals surface area contributed by atoms with E-state index in [1.807, 2.05) is 32.9 Å². The van der Waals surface area contributed by atoms with Crippen molar-refractivity contribution >= 4 is 23.1 Å². The third-order valence-corrected chi connectivity index (χ3v) is 6.65. The summed E-state index contributed by atoms with van der Waals surface area (Å²) < 4.78 is 35.8. The smallest absolute Gasteiger partial charge is 0.478 e. The Morgan fingerprint density at radius 2 is 1.97 bits per heavy atom.